The summed E-state index contributed by atoms with van der Waals surface area (Å²) in [5, 5.41) is 20.7. The smallest absolute Gasteiger partial charge is 0.490 e. The van der Waals surface area contributed by atoms with Crippen LogP contribution in [-0.4, -0.2) is 71.4 Å². The Balaban J connectivity index is 1.74. The van der Waals surface area contributed by atoms with Crippen molar-refractivity contribution >= 4 is 35.2 Å². The number of benzene rings is 1. The molecule has 0 spiro atoms. The van der Waals surface area contributed by atoms with E-state index in [-0.39, 0.29) is 4.90 Å². The van der Waals surface area contributed by atoms with Crippen molar-refractivity contribution in [2.45, 2.75) is 34.3 Å². The van der Waals surface area contributed by atoms with Crippen LogP contribution in [0, 0.1) is 0 Å². The number of nitrogens with one attached hydrogen (secondary N) is 1. The molecule has 1 fully saturated rings. The van der Waals surface area contributed by atoms with Crippen LogP contribution < -0.4 is 16.0 Å². The van der Waals surface area contributed by atoms with Gasteiger partial charge in [0.15, 0.2) is 6.23 Å². The van der Waals surface area contributed by atoms with Gasteiger partial charge >= 0.3 is 29.2 Å². The van der Waals surface area contributed by atoms with Crippen molar-refractivity contribution in [2.75, 3.05) is 13.7 Å². The molecular weight excluding hydrogens is 601 g/mol. The Hall–Kier alpha value is -1.66. The van der Waals surface area contributed by atoms with Gasteiger partial charge in [-0.2, -0.15) is 8.62 Å². The molecule has 18 nitrogen and oxygen atoms in total. The Kier molecular flexibility index (Phi) is 9.62. The van der Waals surface area contributed by atoms with Gasteiger partial charge in [-0.1, -0.05) is 11.8 Å². The molecule has 38 heavy (non-hydrogen) atoms. The zero-order valence-electron chi connectivity index (χ0n) is 18.9. The van der Waals surface area contributed by atoms with Crippen LogP contribution >= 0.6 is 35.2 Å². The van der Waals surface area contributed by atoms with Gasteiger partial charge in [-0.25, -0.2) is 18.5 Å². The first-order valence-electron chi connectivity index (χ1n) is 9.97. The number of aliphatic hydroxyl groups excluding tert-OH is 2. The normalized spacial score (nSPS) is 25.0. The predicted molar refractivity (Wildman–Crippen MR) is 124 cm³/mol. The molecule has 0 bridgehead atoms. The average Bonchev–Trinajstić information content (AvgIpc) is 3.06. The van der Waals surface area contributed by atoms with E-state index in [4.69, 9.17) is 19.3 Å². The van der Waals surface area contributed by atoms with E-state index in [1.165, 1.54) is 7.11 Å². The number of phosphoric acid groups is 3. The van der Waals surface area contributed by atoms with Crippen LogP contribution in [-0.2, 0) is 31.6 Å². The Labute approximate surface area is 216 Å². The number of H-pyrrole nitrogens is 1. The Morgan fingerprint density at radius 2 is 1.63 bits per heavy atom. The Bertz CT molecular complexity index is 1410. The molecule has 0 aliphatic carbocycles. The maximum Gasteiger partial charge on any atom is 0.490 e. The van der Waals surface area contributed by atoms with E-state index < -0.39 is 65.9 Å². The zero-order chi connectivity index (χ0) is 28.5. The van der Waals surface area contributed by atoms with Crippen LogP contribution in [0.5, 0.6) is 5.75 Å². The van der Waals surface area contributed by atoms with Gasteiger partial charge in [0, 0.05) is 11.1 Å². The highest BCUT2D eigenvalue weighted by atomic mass is 32.2. The first-order chi connectivity index (χ1) is 17.5. The quantitative estimate of drug-likeness (QED) is 0.158. The van der Waals surface area contributed by atoms with Crippen molar-refractivity contribution in [3.8, 4) is 5.75 Å². The maximum absolute atomic E-state index is 12.4. The third-order valence-electron chi connectivity index (χ3n) is 4.65. The standard InChI is InChI=1S/C16H21N2O16P3S/c1-30-8-2-4-9(5-3-8)38-11-6-18(16(22)17-14(11)21)15-13(20)12(19)10(32-15)7-31-36(26,27)34-37(28,29)33-35(23,24)25/h2-6,10,12-13,15,19-20H,7H2,1H3,(H,26,27)(H,28,29)(H,17,21,22)(H2,23,24,25)/t10-,12-,13-,15-/m1/s1. The molecule has 1 aliphatic rings. The SMILES string of the molecule is COc1ccc(Sc2cn([C@@H]3O[C@H](COP(=O)(O)OP(=O)(O)OP(=O)(O)O)[C@@H](O)[C@H]3O)c(=O)[nH]c2=O)cc1. The molecule has 22 heteroatoms. The van der Waals surface area contributed by atoms with Crippen molar-refractivity contribution < 1.29 is 66.1 Å². The zero-order valence-corrected chi connectivity index (χ0v) is 22.4. The number of hydrogen-bond acceptors (Lipinski definition) is 13. The fourth-order valence-corrected chi connectivity index (χ4v) is 6.93. The monoisotopic (exact) mass is 622 g/mol. The van der Waals surface area contributed by atoms with E-state index in [0.717, 1.165) is 22.5 Å². The molecule has 212 valence electrons. The first kappa shape index (κ1) is 30.9. The van der Waals surface area contributed by atoms with Gasteiger partial charge in [-0.05, 0) is 24.3 Å². The molecule has 1 aromatic carbocycles. The molecule has 2 heterocycles. The maximum atomic E-state index is 12.4. The number of nitrogens with zero attached hydrogens (tertiary/aromatic N) is 1. The first-order valence-corrected chi connectivity index (χ1v) is 15.3. The molecule has 1 aromatic heterocycles. The van der Waals surface area contributed by atoms with E-state index in [9.17, 15) is 43.3 Å². The van der Waals surface area contributed by atoms with Gasteiger partial charge in [0.25, 0.3) is 5.56 Å². The summed E-state index contributed by atoms with van der Waals surface area (Å²) < 4.78 is 56.7. The van der Waals surface area contributed by atoms with E-state index >= 15 is 0 Å². The van der Waals surface area contributed by atoms with Gasteiger partial charge in [0.2, 0.25) is 0 Å². The lowest BCUT2D eigenvalue weighted by molar-refractivity contribution is -0.0545. The fraction of sp³-hybridized carbons (Fsp3) is 0.375. The highest BCUT2D eigenvalue weighted by Crippen LogP contribution is 2.66. The predicted octanol–water partition coefficient (Wildman–Crippen LogP) is -0.341. The van der Waals surface area contributed by atoms with E-state index in [1.807, 2.05) is 4.98 Å². The number of aromatic nitrogens is 2. The van der Waals surface area contributed by atoms with Crippen LogP contribution in [0.3, 0.4) is 0 Å². The molecule has 0 radical (unpaired) electrons. The number of methoxy groups -OCH3 is 1. The second-order valence-corrected chi connectivity index (χ2v) is 12.9. The lowest BCUT2D eigenvalue weighted by atomic mass is 10.1. The lowest BCUT2D eigenvalue weighted by Gasteiger charge is -2.19. The summed E-state index contributed by atoms with van der Waals surface area (Å²) in [5.74, 6) is 0.562. The number of aliphatic hydroxyl groups is 2. The summed E-state index contributed by atoms with van der Waals surface area (Å²) >= 11 is 0.953. The van der Waals surface area contributed by atoms with Crippen LogP contribution in [0.2, 0.25) is 0 Å². The second-order valence-electron chi connectivity index (χ2n) is 7.37. The van der Waals surface area contributed by atoms with Crippen LogP contribution in [0.15, 0.2) is 49.8 Å². The number of aromatic amines is 1. The number of ether oxygens (including phenoxy) is 2. The summed E-state index contributed by atoms with van der Waals surface area (Å²) in [5.41, 5.74) is -1.79. The molecule has 7 N–H and O–H groups in total. The number of rotatable bonds is 11. The second kappa shape index (κ2) is 11.8. The van der Waals surface area contributed by atoms with Crippen molar-refractivity contribution in [1.29, 1.82) is 0 Å². The molecule has 2 unspecified atom stereocenters. The van der Waals surface area contributed by atoms with Gasteiger partial charge in [-0.15, -0.1) is 0 Å². The summed E-state index contributed by atoms with van der Waals surface area (Å²) in [6, 6.07) is 6.55. The van der Waals surface area contributed by atoms with E-state index in [2.05, 4.69) is 13.1 Å². The minimum Gasteiger partial charge on any atom is -0.497 e. The highest BCUT2D eigenvalue weighted by Gasteiger charge is 2.46. The van der Waals surface area contributed by atoms with Crippen molar-refractivity contribution in [1.82, 2.24) is 9.55 Å². The summed E-state index contributed by atoms with van der Waals surface area (Å²) in [7, 11) is -15.4. The highest BCUT2D eigenvalue weighted by molar-refractivity contribution is 7.99. The molecule has 1 saturated heterocycles. The molecule has 6 atom stereocenters. The van der Waals surface area contributed by atoms with Gasteiger partial charge in [0.05, 0.1) is 18.6 Å². The molecule has 2 aromatic rings. The lowest BCUT2D eigenvalue weighted by Crippen LogP contribution is -2.38. The number of hydrogen-bond donors (Lipinski definition) is 7. The van der Waals surface area contributed by atoms with Crippen molar-refractivity contribution in [3.63, 3.8) is 0 Å². The van der Waals surface area contributed by atoms with Gasteiger partial charge < -0.3 is 39.3 Å². The van der Waals surface area contributed by atoms with Crippen molar-refractivity contribution in [3.05, 3.63) is 51.3 Å². The topological polar surface area (TPSA) is 274 Å². The third kappa shape index (κ3) is 8.17. The largest absolute Gasteiger partial charge is 0.497 e. The minimum atomic E-state index is -5.78. The summed E-state index contributed by atoms with van der Waals surface area (Å²) in [4.78, 5) is 63.2. The van der Waals surface area contributed by atoms with E-state index in [1.54, 1.807) is 24.3 Å². The minimum absolute atomic E-state index is 0.00299. The Morgan fingerprint density at radius 1 is 1.00 bits per heavy atom. The summed E-state index contributed by atoms with van der Waals surface area (Å²) in [6.07, 6.45) is -5.87. The molecule has 0 amide bonds. The van der Waals surface area contributed by atoms with Crippen LogP contribution in [0.4, 0.5) is 0 Å². The Morgan fingerprint density at radius 3 is 2.21 bits per heavy atom. The molecule has 1 aliphatic heterocycles. The van der Waals surface area contributed by atoms with E-state index in [0.29, 0.717) is 10.6 Å². The van der Waals surface area contributed by atoms with Crippen LogP contribution in [0.25, 0.3) is 0 Å². The van der Waals surface area contributed by atoms with Crippen molar-refractivity contribution in [2.24, 2.45) is 0 Å². The molecule has 3 rings (SSSR count). The van der Waals surface area contributed by atoms with Gasteiger partial charge in [-0.3, -0.25) is 18.9 Å². The molecular formula is C16H21N2O16P3S. The average molecular weight is 622 g/mol. The number of phosphoric ester groups is 1. The molecule has 0 saturated carbocycles. The fourth-order valence-electron chi connectivity index (χ4n) is 3.07. The third-order valence-corrected chi connectivity index (χ3v) is 9.47. The summed E-state index contributed by atoms with van der Waals surface area (Å²) in [6.45, 7) is -1.08. The van der Waals surface area contributed by atoms with Gasteiger partial charge in [0.1, 0.15) is 24.1 Å². The van der Waals surface area contributed by atoms with Crippen LogP contribution in [0.1, 0.15) is 6.23 Å².